The summed E-state index contributed by atoms with van der Waals surface area (Å²) in [5.74, 6) is -0.861. The fourth-order valence-corrected chi connectivity index (χ4v) is 2.94. The second-order valence-electron chi connectivity index (χ2n) is 5.53. The molecule has 3 rings (SSSR count). The topological polar surface area (TPSA) is 57.0 Å². The molecule has 0 unspecified atom stereocenters. The summed E-state index contributed by atoms with van der Waals surface area (Å²) in [4.78, 5) is 24.3. The number of rotatable bonds is 5. The Kier molecular flexibility index (Phi) is 5.17. The van der Waals surface area contributed by atoms with Crippen LogP contribution in [0.4, 0.5) is 0 Å². The van der Waals surface area contributed by atoms with Crippen molar-refractivity contribution in [3.05, 3.63) is 72.1 Å². The predicted molar refractivity (Wildman–Crippen MR) is 99.8 cm³/mol. The number of aromatic nitrogens is 1. The van der Waals surface area contributed by atoms with Crippen molar-refractivity contribution >= 4 is 23.5 Å². The molecule has 0 N–H and O–H groups in total. The van der Waals surface area contributed by atoms with E-state index in [4.69, 9.17) is 9.47 Å². The number of ether oxygens (including phenoxy) is 2. The number of fused-ring (bicyclic) bond motifs is 1. The first kappa shape index (κ1) is 17.5. The molecule has 0 bridgehead atoms. The van der Waals surface area contributed by atoms with Crippen LogP contribution in [0.2, 0.25) is 0 Å². The van der Waals surface area contributed by atoms with Crippen LogP contribution >= 0.6 is 0 Å². The molecule has 0 saturated heterocycles. The third-order valence-corrected chi connectivity index (χ3v) is 4.00. The minimum atomic E-state index is -0.433. The number of benzene rings is 1. The molecular weight excluding hydrogens is 330 g/mol. The SMILES string of the molecule is CCOC(=O)/C=C/c1c(-c2ccccc2)c(C(=O)OC)c2ccccn12. The van der Waals surface area contributed by atoms with Crippen molar-refractivity contribution in [1.29, 1.82) is 0 Å². The Morgan fingerprint density at radius 1 is 1.08 bits per heavy atom. The van der Waals surface area contributed by atoms with Gasteiger partial charge in [0, 0.05) is 17.8 Å². The van der Waals surface area contributed by atoms with Crippen molar-refractivity contribution in [2.75, 3.05) is 13.7 Å². The number of esters is 2. The molecule has 3 aromatic rings. The summed E-state index contributed by atoms with van der Waals surface area (Å²) in [6.45, 7) is 2.06. The molecular formula is C21H19NO4. The van der Waals surface area contributed by atoms with Crippen molar-refractivity contribution in [3.8, 4) is 11.1 Å². The van der Waals surface area contributed by atoms with Gasteiger partial charge in [0.1, 0.15) is 0 Å². The highest BCUT2D eigenvalue weighted by molar-refractivity contribution is 6.07. The Bertz CT molecular complexity index is 970. The molecule has 2 aromatic heterocycles. The molecule has 5 nitrogen and oxygen atoms in total. The Hall–Kier alpha value is -3.34. The van der Waals surface area contributed by atoms with Crippen LogP contribution in [0.5, 0.6) is 0 Å². The highest BCUT2D eigenvalue weighted by Gasteiger charge is 2.23. The van der Waals surface area contributed by atoms with E-state index in [9.17, 15) is 9.59 Å². The quantitative estimate of drug-likeness (QED) is 0.517. The molecule has 0 atom stereocenters. The predicted octanol–water partition coefficient (Wildman–Crippen LogP) is 3.97. The first-order valence-corrected chi connectivity index (χ1v) is 8.29. The van der Waals surface area contributed by atoms with E-state index in [1.54, 1.807) is 13.0 Å². The van der Waals surface area contributed by atoms with Crippen LogP contribution < -0.4 is 0 Å². The summed E-state index contributed by atoms with van der Waals surface area (Å²) in [7, 11) is 1.36. The second-order valence-corrected chi connectivity index (χ2v) is 5.53. The van der Waals surface area contributed by atoms with Gasteiger partial charge in [-0.3, -0.25) is 0 Å². The Morgan fingerprint density at radius 2 is 1.81 bits per heavy atom. The van der Waals surface area contributed by atoms with Crippen LogP contribution in [0.25, 0.3) is 22.7 Å². The molecule has 0 aliphatic heterocycles. The average molecular weight is 349 g/mol. The van der Waals surface area contributed by atoms with Gasteiger partial charge in [-0.15, -0.1) is 0 Å². The van der Waals surface area contributed by atoms with Crippen LogP contribution in [-0.4, -0.2) is 30.1 Å². The maximum Gasteiger partial charge on any atom is 0.340 e. The fraction of sp³-hybridized carbons (Fsp3) is 0.143. The maximum absolute atomic E-state index is 12.5. The van der Waals surface area contributed by atoms with E-state index in [1.165, 1.54) is 13.2 Å². The molecule has 0 amide bonds. The lowest BCUT2D eigenvalue weighted by atomic mass is 10.0. The largest absolute Gasteiger partial charge is 0.465 e. The van der Waals surface area contributed by atoms with E-state index < -0.39 is 11.9 Å². The van der Waals surface area contributed by atoms with Gasteiger partial charge in [-0.05, 0) is 30.7 Å². The summed E-state index contributed by atoms with van der Waals surface area (Å²) < 4.78 is 11.9. The van der Waals surface area contributed by atoms with Crippen LogP contribution in [-0.2, 0) is 14.3 Å². The minimum Gasteiger partial charge on any atom is -0.465 e. The summed E-state index contributed by atoms with van der Waals surface area (Å²) in [5.41, 5.74) is 3.45. The van der Waals surface area contributed by atoms with Gasteiger partial charge in [0.25, 0.3) is 0 Å². The average Bonchev–Trinajstić information content (AvgIpc) is 3.01. The lowest BCUT2D eigenvalue weighted by Gasteiger charge is -2.05. The fourth-order valence-electron chi connectivity index (χ4n) is 2.94. The normalized spacial score (nSPS) is 11.0. The Balaban J connectivity index is 2.31. The van der Waals surface area contributed by atoms with Gasteiger partial charge in [0.05, 0.1) is 30.5 Å². The zero-order valence-electron chi connectivity index (χ0n) is 14.6. The second kappa shape index (κ2) is 7.70. The van der Waals surface area contributed by atoms with Gasteiger partial charge < -0.3 is 13.9 Å². The molecule has 132 valence electrons. The van der Waals surface area contributed by atoms with Crippen LogP contribution in [0.15, 0.2) is 60.8 Å². The Morgan fingerprint density at radius 3 is 2.50 bits per heavy atom. The van der Waals surface area contributed by atoms with Crippen LogP contribution in [0, 0.1) is 0 Å². The summed E-state index contributed by atoms with van der Waals surface area (Å²) >= 11 is 0. The third kappa shape index (κ3) is 3.24. The highest BCUT2D eigenvalue weighted by Crippen LogP contribution is 2.34. The van der Waals surface area contributed by atoms with Crippen molar-refractivity contribution in [2.24, 2.45) is 0 Å². The molecule has 26 heavy (non-hydrogen) atoms. The van der Waals surface area contributed by atoms with Gasteiger partial charge in [0.2, 0.25) is 0 Å². The first-order chi connectivity index (χ1) is 12.7. The lowest BCUT2D eigenvalue weighted by Crippen LogP contribution is -2.02. The molecule has 1 aromatic carbocycles. The third-order valence-electron chi connectivity index (χ3n) is 4.00. The standard InChI is InChI=1S/C21H19NO4/c1-3-26-18(23)13-12-17-19(15-9-5-4-6-10-15)20(21(24)25-2)16-11-7-8-14-22(16)17/h4-14H,3H2,1-2H3/b13-12+. The van der Waals surface area contributed by atoms with E-state index in [1.807, 2.05) is 59.1 Å². The zero-order chi connectivity index (χ0) is 18.5. The molecule has 0 radical (unpaired) electrons. The van der Waals surface area contributed by atoms with Gasteiger partial charge in [-0.25, -0.2) is 9.59 Å². The number of hydrogen-bond donors (Lipinski definition) is 0. The maximum atomic E-state index is 12.5. The molecule has 0 aliphatic carbocycles. The summed E-state index contributed by atoms with van der Waals surface area (Å²) in [6.07, 6.45) is 4.88. The number of pyridine rings is 1. The van der Waals surface area contributed by atoms with E-state index in [0.29, 0.717) is 28.9 Å². The molecule has 5 heteroatoms. The number of methoxy groups -OCH3 is 1. The molecule has 0 aliphatic rings. The smallest absolute Gasteiger partial charge is 0.340 e. The van der Waals surface area contributed by atoms with Gasteiger partial charge in [-0.2, -0.15) is 0 Å². The first-order valence-electron chi connectivity index (χ1n) is 8.29. The monoisotopic (exact) mass is 349 g/mol. The van der Waals surface area contributed by atoms with Crippen LogP contribution in [0.1, 0.15) is 23.0 Å². The van der Waals surface area contributed by atoms with Gasteiger partial charge >= 0.3 is 11.9 Å². The van der Waals surface area contributed by atoms with Crippen molar-refractivity contribution in [1.82, 2.24) is 4.40 Å². The molecule has 0 fully saturated rings. The zero-order valence-corrected chi connectivity index (χ0v) is 14.6. The van der Waals surface area contributed by atoms with Crippen molar-refractivity contribution in [2.45, 2.75) is 6.92 Å². The van der Waals surface area contributed by atoms with Gasteiger partial charge in [0.15, 0.2) is 0 Å². The number of carbonyl (C=O) groups excluding carboxylic acids is 2. The highest BCUT2D eigenvalue weighted by atomic mass is 16.5. The number of carbonyl (C=O) groups is 2. The number of nitrogens with zero attached hydrogens (tertiary/aromatic N) is 1. The number of hydrogen-bond acceptors (Lipinski definition) is 4. The Labute approximate surface area is 151 Å². The summed E-state index contributed by atoms with van der Waals surface area (Å²) in [6, 6.07) is 15.1. The lowest BCUT2D eigenvalue weighted by molar-refractivity contribution is -0.137. The molecule has 0 saturated carbocycles. The molecule has 0 spiro atoms. The van der Waals surface area contributed by atoms with Crippen molar-refractivity contribution < 1.29 is 19.1 Å². The molecule has 2 heterocycles. The van der Waals surface area contributed by atoms with Crippen LogP contribution in [0.3, 0.4) is 0 Å². The van der Waals surface area contributed by atoms with E-state index >= 15 is 0 Å². The summed E-state index contributed by atoms with van der Waals surface area (Å²) in [5, 5.41) is 0. The van der Waals surface area contributed by atoms with E-state index in [0.717, 1.165) is 5.56 Å². The van der Waals surface area contributed by atoms with Crippen molar-refractivity contribution in [3.63, 3.8) is 0 Å². The van der Waals surface area contributed by atoms with Gasteiger partial charge in [-0.1, -0.05) is 36.4 Å². The van der Waals surface area contributed by atoms with E-state index in [-0.39, 0.29) is 0 Å². The minimum absolute atomic E-state index is 0.303. The van der Waals surface area contributed by atoms with E-state index in [2.05, 4.69) is 0 Å².